The van der Waals surface area contributed by atoms with Crippen LogP contribution >= 0.6 is 0 Å². The molecule has 0 spiro atoms. The predicted octanol–water partition coefficient (Wildman–Crippen LogP) is 2.34. The van der Waals surface area contributed by atoms with Gasteiger partial charge in [0.15, 0.2) is 0 Å². The van der Waals surface area contributed by atoms with Crippen molar-refractivity contribution in [2.45, 2.75) is 50.8 Å². The van der Waals surface area contributed by atoms with Gasteiger partial charge in [0.25, 0.3) is 0 Å². The van der Waals surface area contributed by atoms with Crippen molar-refractivity contribution in [1.29, 1.82) is 0 Å². The van der Waals surface area contributed by atoms with E-state index in [0.717, 1.165) is 17.7 Å². The normalized spacial score (nSPS) is 20.5. The smallest absolute Gasteiger partial charge is 0.241 e. The summed E-state index contributed by atoms with van der Waals surface area (Å²) in [6.45, 7) is 6.92. The Morgan fingerprint density at radius 1 is 1.35 bits per heavy atom. The Kier molecular flexibility index (Phi) is 5.36. The first-order valence-corrected chi connectivity index (χ1v) is 10.2. The Hall–Kier alpha value is -1.90. The molecule has 142 valence electrons. The summed E-state index contributed by atoms with van der Waals surface area (Å²) < 4.78 is 41.6. The van der Waals surface area contributed by atoms with Gasteiger partial charge in [-0.3, -0.25) is 4.68 Å². The molecule has 0 aliphatic carbocycles. The van der Waals surface area contributed by atoms with Gasteiger partial charge in [-0.1, -0.05) is 0 Å². The number of methoxy groups -OCH3 is 1. The minimum Gasteiger partial charge on any atom is -0.496 e. The lowest BCUT2D eigenvalue weighted by atomic mass is 10.1. The van der Waals surface area contributed by atoms with Crippen molar-refractivity contribution in [2.24, 2.45) is 0 Å². The first kappa shape index (κ1) is 18.9. The molecule has 1 N–H and O–H groups in total. The van der Waals surface area contributed by atoms with E-state index in [0.29, 0.717) is 24.3 Å². The van der Waals surface area contributed by atoms with Crippen LogP contribution in [0.1, 0.15) is 36.1 Å². The number of ether oxygens (including phenoxy) is 2. The van der Waals surface area contributed by atoms with E-state index in [1.54, 1.807) is 37.0 Å². The molecule has 8 heteroatoms. The summed E-state index contributed by atoms with van der Waals surface area (Å²) >= 11 is 0. The van der Waals surface area contributed by atoms with E-state index in [-0.39, 0.29) is 17.0 Å². The standard InChI is InChI=1S/C18H25N3O4S/c1-5-21-11-14(10-19-21)18-15(8-9-25-18)20-26(22,23)17-7-6-16(24-4)12(2)13(17)3/h6-7,10-11,15,18,20H,5,8-9H2,1-4H3/t15-,18+/m0/s1. The minimum atomic E-state index is -3.67. The highest BCUT2D eigenvalue weighted by atomic mass is 32.2. The Balaban J connectivity index is 1.86. The molecule has 0 bridgehead atoms. The second kappa shape index (κ2) is 7.38. The summed E-state index contributed by atoms with van der Waals surface area (Å²) in [5.74, 6) is 0.676. The van der Waals surface area contributed by atoms with Crippen molar-refractivity contribution in [3.63, 3.8) is 0 Å². The number of rotatable bonds is 6. The van der Waals surface area contributed by atoms with E-state index in [9.17, 15) is 8.42 Å². The van der Waals surface area contributed by atoms with Gasteiger partial charge in [-0.25, -0.2) is 13.1 Å². The number of aromatic nitrogens is 2. The van der Waals surface area contributed by atoms with Gasteiger partial charge in [0.05, 0.1) is 24.2 Å². The lowest BCUT2D eigenvalue weighted by Gasteiger charge is -2.20. The molecular weight excluding hydrogens is 354 g/mol. The fourth-order valence-electron chi connectivity index (χ4n) is 3.28. The van der Waals surface area contributed by atoms with Crippen LogP contribution < -0.4 is 9.46 Å². The third-order valence-electron chi connectivity index (χ3n) is 4.90. The number of hydrogen-bond donors (Lipinski definition) is 1. The Morgan fingerprint density at radius 3 is 2.77 bits per heavy atom. The number of benzene rings is 1. The maximum absolute atomic E-state index is 13.0. The van der Waals surface area contributed by atoms with Gasteiger partial charge in [-0.2, -0.15) is 5.10 Å². The minimum absolute atomic E-state index is 0.269. The molecule has 2 aromatic rings. The van der Waals surface area contributed by atoms with Crippen molar-refractivity contribution in [3.8, 4) is 5.75 Å². The van der Waals surface area contributed by atoms with Crippen molar-refractivity contribution < 1.29 is 17.9 Å². The highest BCUT2D eigenvalue weighted by molar-refractivity contribution is 7.89. The lowest BCUT2D eigenvalue weighted by molar-refractivity contribution is 0.102. The van der Waals surface area contributed by atoms with E-state index < -0.39 is 10.0 Å². The molecule has 2 heterocycles. The summed E-state index contributed by atoms with van der Waals surface area (Å²) in [4.78, 5) is 0.269. The van der Waals surface area contributed by atoms with Gasteiger partial charge in [0.2, 0.25) is 10.0 Å². The van der Waals surface area contributed by atoms with Crippen LogP contribution in [0.4, 0.5) is 0 Å². The maximum Gasteiger partial charge on any atom is 0.241 e. The molecular formula is C18H25N3O4S. The number of nitrogens with zero attached hydrogens (tertiary/aromatic N) is 2. The number of sulfonamides is 1. The van der Waals surface area contributed by atoms with Gasteiger partial charge < -0.3 is 9.47 Å². The van der Waals surface area contributed by atoms with Crippen molar-refractivity contribution in [3.05, 3.63) is 41.2 Å². The average molecular weight is 379 g/mol. The third kappa shape index (κ3) is 3.49. The summed E-state index contributed by atoms with van der Waals surface area (Å²) in [6.07, 6.45) is 3.93. The number of nitrogens with one attached hydrogen (secondary N) is 1. The fourth-order valence-corrected chi connectivity index (χ4v) is 4.85. The van der Waals surface area contributed by atoms with Gasteiger partial charge in [-0.15, -0.1) is 0 Å². The van der Waals surface area contributed by atoms with Crippen LogP contribution in [0.5, 0.6) is 5.75 Å². The molecule has 0 unspecified atom stereocenters. The Morgan fingerprint density at radius 2 is 2.12 bits per heavy atom. The van der Waals surface area contributed by atoms with E-state index in [1.165, 1.54) is 0 Å². The SMILES string of the molecule is CCn1cc([C@H]2OCC[C@@H]2NS(=O)(=O)c2ccc(OC)c(C)c2C)cn1. The largest absolute Gasteiger partial charge is 0.496 e. The van der Waals surface area contributed by atoms with Crippen LogP contribution in [0.25, 0.3) is 0 Å². The molecule has 7 nitrogen and oxygen atoms in total. The van der Waals surface area contributed by atoms with E-state index in [2.05, 4.69) is 9.82 Å². The molecule has 26 heavy (non-hydrogen) atoms. The van der Waals surface area contributed by atoms with E-state index >= 15 is 0 Å². The highest BCUT2D eigenvalue weighted by Crippen LogP contribution is 2.32. The summed E-state index contributed by atoms with van der Waals surface area (Å²) in [7, 11) is -2.10. The van der Waals surface area contributed by atoms with Gasteiger partial charge in [0, 0.05) is 24.9 Å². The molecule has 1 aliphatic heterocycles. The quantitative estimate of drug-likeness (QED) is 0.833. The summed E-state index contributed by atoms with van der Waals surface area (Å²) in [6, 6.07) is 2.95. The zero-order valence-electron chi connectivity index (χ0n) is 15.5. The Bertz CT molecular complexity index is 892. The molecule has 0 amide bonds. The lowest BCUT2D eigenvalue weighted by Crippen LogP contribution is -2.37. The topological polar surface area (TPSA) is 82.5 Å². The molecule has 1 aliphatic rings. The maximum atomic E-state index is 13.0. The monoisotopic (exact) mass is 379 g/mol. The number of hydrogen-bond acceptors (Lipinski definition) is 5. The molecule has 1 aromatic carbocycles. The number of aryl methyl sites for hydroxylation is 1. The second-order valence-corrected chi connectivity index (χ2v) is 8.14. The first-order chi connectivity index (χ1) is 12.4. The zero-order valence-corrected chi connectivity index (χ0v) is 16.3. The molecule has 1 saturated heterocycles. The van der Waals surface area contributed by atoms with Gasteiger partial charge in [-0.05, 0) is 50.5 Å². The van der Waals surface area contributed by atoms with Gasteiger partial charge >= 0.3 is 0 Å². The van der Waals surface area contributed by atoms with Gasteiger partial charge in [0.1, 0.15) is 11.9 Å². The van der Waals surface area contributed by atoms with Crippen molar-refractivity contribution in [2.75, 3.05) is 13.7 Å². The highest BCUT2D eigenvalue weighted by Gasteiger charge is 2.34. The van der Waals surface area contributed by atoms with Crippen LogP contribution in [0.3, 0.4) is 0 Å². The predicted molar refractivity (Wildman–Crippen MR) is 97.8 cm³/mol. The van der Waals surface area contributed by atoms with Crippen LogP contribution in [0.15, 0.2) is 29.4 Å². The summed E-state index contributed by atoms with van der Waals surface area (Å²) in [5.41, 5.74) is 2.39. The van der Waals surface area contributed by atoms with Crippen molar-refractivity contribution >= 4 is 10.0 Å². The first-order valence-electron chi connectivity index (χ1n) is 8.68. The summed E-state index contributed by atoms with van der Waals surface area (Å²) in [5, 5.41) is 4.26. The molecule has 1 fully saturated rings. The molecule has 0 radical (unpaired) electrons. The van der Waals surface area contributed by atoms with Crippen LogP contribution in [-0.4, -0.2) is 38.0 Å². The van der Waals surface area contributed by atoms with Crippen LogP contribution in [0.2, 0.25) is 0 Å². The van der Waals surface area contributed by atoms with Crippen molar-refractivity contribution in [1.82, 2.24) is 14.5 Å². The third-order valence-corrected chi connectivity index (χ3v) is 6.54. The fraction of sp³-hybridized carbons (Fsp3) is 0.500. The second-order valence-electron chi connectivity index (χ2n) is 6.45. The van der Waals surface area contributed by atoms with Crippen LogP contribution in [-0.2, 0) is 21.3 Å². The van der Waals surface area contributed by atoms with E-state index in [4.69, 9.17) is 9.47 Å². The molecule has 2 atom stereocenters. The Labute approximate surface area is 154 Å². The van der Waals surface area contributed by atoms with Crippen LogP contribution in [0, 0.1) is 13.8 Å². The van der Waals surface area contributed by atoms with E-state index in [1.807, 2.05) is 20.0 Å². The molecule has 3 rings (SSSR count). The zero-order chi connectivity index (χ0) is 18.9. The average Bonchev–Trinajstić information content (AvgIpc) is 3.25. The molecule has 0 saturated carbocycles. The molecule has 1 aromatic heterocycles.